The minimum Gasteiger partial charge on any atom is -0.493 e. The summed E-state index contributed by atoms with van der Waals surface area (Å²) in [5.41, 5.74) is 1.96. The molecule has 148 valence electrons. The third-order valence-electron chi connectivity index (χ3n) is 4.19. The maximum absolute atomic E-state index is 12.8. The fourth-order valence-corrected chi connectivity index (χ4v) is 3.10. The largest absolute Gasteiger partial charge is 0.493 e. The maximum atomic E-state index is 12.8. The van der Waals surface area contributed by atoms with Crippen LogP contribution in [0.2, 0.25) is 0 Å². The minimum absolute atomic E-state index is 0.0785. The van der Waals surface area contributed by atoms with Crippen molar-refractivity contribution in [3.63, 3.8) is 0 Å². The Hall–Kier alpha value is -2.86. The van der Waals surface area contributed by atoms with Crippen LogP contribution in [0.4, 0.5) is 5.69 Å². The van der Waals surface area contributed by atoms with Gasteiger partial charge in [-0.2, -0.15) is 0 Å². The van der Waals surface area contributed by atoms with Crippen molar-refractivity contribution in [1.82, 2.24) is 0 Å². The number of carbonyl (C=O) groups excluding carboxylic acids is 1. The number of rotatable bonds is 7. The predicted octanol–water partition coefficient (Wildman–Crippen LogP) is 4.35. The Labute approximate surface area is 169 Å². The minimum atomic E-state index is -0.288. The van der Waals surface area contributed by atoms with E-state index in [-0.39, 0.29) is 17.6 Å². The van der Waals surface area contributed by atoms with Crippen LogP contribution in [0.25, 0.3) is 6.08 Å². The van der Waals surface area contributed by atoms with Crippen molar-refractivity contribution >= 4 is 29.1 Å². The molecule has 0 radical (unpaired) electrons. The first-order valence-corrected chi connectivity index (χ1v) is 9.16. The zero-order valence-corrected chi connectivity index (χ0v) is 17.0. The molecule has 0 aliphatic carbocycles. The summed E-state index contributed by atoms with van der Waals surface area (Å²) < 4.78 is 21.7. The number of ketones is 1. The molecule has 0 spiro atoms. The fourth-order valence-electron chi connectivity index (χ4n) is 2.87. The van der Waals surface area contributed by atoms with E-state index in [2.05, 4.69) is 0 Å². The molecule has 3 rings (SSSR count). The van der Waals surface area contributed by atoms with Crippen molar-refractivity contribution in [2.24, 2.45) is 0 Å². The molecule has 0 N–H and O–H groups in total. The lowest BCUT2D eigenvalue weighted by molar-refractivity contribution is 0.104. The van der Waals surface area contributed by atoms with Gasteiger partial charge >= 0.3 is 0 Å². The standard InChI is InChI=1S/C21H22ClNO5/c1-5-26-17-7-6-14(11-16(17)23(2)3)20(24)15(22)8-13-9-18(25-4)21-19(10-13)27-12-28-21/h6-11H,5,12H2,1-4H3/b15-8+. The molecule has 2 aromatic rings. The lowest BCUT2D eigenvalue weighted by Gasteiger charge is -2.18. The molecule has 0 fully saturated rings. The number of benzene rings is 2. The van der Waals surface area contributed by atoms with E-state index in [4.69, 9.17) is 30.5 Å². The highest BCUT2D eigenvalue weighted by Gasteiger charge is 2.20. The Morgan fingerprint density at radius 3 is 2.68 bits per heavy atom. The zero-order chi connectivity index (χ0) is 20.3. The molecule has 0 aromatic heterocycles. The van der Waals surface area contributed by atoms with Crippen LogP contribution in [-0.2, 0) is 0 Å². The van der Waals surface area contributed by atoms with Crippen LogP contribution in [-0.4, -0.2) is 40.4 Å². The van der Waals surface area contributed by atoms with Crippen LogP contribution < -0.4 is 23.8 Å². The molecule has 0 saturated heterocycles. The molecule has 0 atom stereocenters. The summed E-state index contributed by atoms with van der Waals surface area (Å²) in [6.07, 6.45) is 1.58. The van der Waals surface area contributed by atoms with Crippen molar-refractivity contribution in [3.05, 3.63) is 46.5 Å². The Bertz CT molecular complexity index is 923. The number of hydrogen-bond donors (Lipinski definition) is 0. The second kappa shape index (κ2) is 8.44. The Morgan fingerprint density at radius 2 is 2.00 bits per heavy atom. The van der Waals surface area contributed by atoms with Crippen LogP contribution in [0.15, 0.2) is 35.4 Å². The van der Waals surface area contributed by atoms with E-state index in [0.717, 1.165) is 5.69 Å². The third-order valence-corrected chi connectivity index (χ3v) is 4.47. The van der Waals surface area contributed by atoms with Gasteiger partial charge in [-0.05, 0) is 48.9 Å². The van der Waals surface area contributed by atoms with Gasteiger partial charge in [0, 0.05) is 19.7 Å². The maximum Gasteiger partial charge on any atom is 0.231 e. The summed E-state index contributed by atoms with van der Waals surface area (Å²) in [5, 5.41) is 0.0785. The SMILES string of the molecule is CCOc1ccc(C(=O)/C(Cl)=C\c2cc(OC)c3c(c2)OCO3)cc1N(C)C. The normalized spacial score (nSPS) is 12.7. The van der Waals surface area contributed by atoms with Crippen LogP contribution >= 0.6 is 11.6 Å². The van der Waals surface area contributed by atoms with Crippen LogP contribution in [0.5, 0.6) is 23.0 Å². The second-order valence-corrected chi connectivity index (χ2v) is 6.70. The highest BCUT2D eigenvalue weighted by atomic mass is 35.5. The molecule has 0 amide bonds. The van der Waals surface area contributed by atoms with Crippen LogP contribution in [0.3, 0.4) is 0 Å². The van der Waals surface area contributed by atoms with Gasteiger partial charge in [0.15, 0.2) is 11.5 Å². The predicted molar refractivity (Wildman–Crippen MR) is 109 cm³/mol. The fraction of sp³-hybridized carbons (Fsp3) is 0.286. The topological polar surface area (TPSA) is 57.2 Å². The van der Waals surface area contributed by atoms with Gasteiger partial charge < -0.3 is 23.8 Å². The molecule has 6 nitrogen and oxygen atoms in total. The second-order valence-electron chi connectivity index (χ2n) is 6.29. The van der Waals surface area contributed by atoms with Crippen molar-refractivity contribution in [2.45, 2.75) is 6.92 Å². The number of carbonyl (C=O) groups is 1. The number of ether oxygens (including phenoxy) is 4. The first-order valence-electron chi connectivity index (χ1n) is 8.78. The lowest BCUT2D eigenvalue weighted by atomic mass is 10.1. The van der Waals surface area contributed by atoms with Gasteiger partial charge in [0.25, 0.3) is 0 Å². The third kappa shape index (κ3) is 4.02. The quantitative estimate of drug-likeness (QED) is 0.506. The molecular weight excluding hydrogens is 382 g/mol. The van der Waals surface area contributed by atoms with Crippen molar-refractivity contribution < 1.29 is 23.7 Å². The Morgan fingerprint density at radius 1 is 1.21 bits per heavy atom. The number of halogens is 1. The molecule has 2 aromatic carbocycles. The summed E-state index contributed by atoms with van der Waals surface area (Å²) in [5.74, 6) is 2.05. The Kier molecular flexibility index (Phi) is 5.99. The smallest absolute Gasteiger partial charge is 0.231 e. The van der Waals surface area contributed by atoms with E-state index in [1.54, 1.807) is 43.5 Å². The highest BCUT2D eigenvalue weighted by molar-refractivity contribution is 6.47. The van der Waals surface area contributed by atoms with Gasteiger partial charge in [-0.25, -0.2) is 0 Å². The van der Waals surface area contributed by atoms with Gasteiger partial charge in [0.05, 0.1) is 24.4 Å². The first-order chi connectivity index (χ1) is 13.4. The molecule has 7 heteroatoms. The van der Waals surface area contributed by atoms with E-state index in [9.17, 15) is 4.79 Å². The van der Waals surface area contributed by atoms with Crippen molar-refractivity contribution in [1.29, 1.82) is 0 Å². The summed E-state index contributed by atoms with van der Waals surface area (Å²) >= 11 is 6.33. The molecule has 0 saturated carbocycles. The van der Waals surface area contributed by atoms with Gasteiger partial charge in [0.1, 0.15) is 5.75 Å². The number of hydrogen-bond acceptors (Lipinski definition) is 6. The monoisotopic (exact) mass is 403 g/mol. The van der Waals surface area contributed by atoms with Crippen molar-refractivity contribution in [2.75, 3.05) is 39.5 Å². The Balaban J connectivity index is 1.91. The number of fused-ring (bicyclic) bond motifs is 1. The molecule has 0 bridgehead atoms. The van der Waals surface area contributed by atoms with Gasteiger partial charge in [0.2, 0.25) is 18.3 Å². The van der Waals surface area contributed by atoms with Crippen LogP contribution in [0, 0.1) is 0 Å². The number of allylic oxidation sites excluding steroid dienone is 1. The van der Waals surface area contributed by atoms with E-state index in [0.29, 0.717) is 40.7 Å². The molecular formula is C21H22ClNO5. The number of nitrogens with zero attached hydrogens (tertiary/aromatic N) is 1. The molecule has 0 unspecified atom stereocenters. The van der Waals surface area contributed by atoms with Gasteiger partial charge in [-0.3, -0.25) is 4.79 Å². The highest BCUT2D eigenvalue weighted by Crippen LogP contribution is 2.42. The first kappa shape index (κ1) is 19.9. The molecule has 28 heavy (non-hydrogen) atoms. The average molecular weight is 404 g/mol. The molecule has 1 aliphatic heterocycles. The van der Waals surface area contributed by atoms with E-state index in [1.165, 1.54) is 0 Å². The average Bonchev–Trinajstić information content (AvgIpc) is 3.15. The number of methoxy groups -OCH3 is 1. The van der Waals surface area contributed by atoms with Crippen LogP contribution in [0.1, 0.15) is 22.8 Å². The summed E-state index contributed by atoms with van der Waals surface area (Å²) in [6.45, 7) is 2.59. The van der Waals surface area contributed by atoms with E-state index in [1.807, 2.05) is 25.9 Å². The summed E-state index contributed by atoms with van der Waals surface area (Å²) in [7, 11) is 5.32. The van der Waals surface area contributed by atoms with E-state index < -0.39 is 0 Å². The van der Waals surface area contributed by atoms with Gasteiger partial charge in [-0.15, -0.1) is 0 Å². The summed E-state index contributed by atoms with van der Waals surface area (Å²) in [6, 6.07) is 8.75. The summed E-state index contributed by atoms with van der Waals surface area (Å²) in [4.78, 5) is 14.7. The number of Topliss-reactive ketones (excluding diaryl/α,β-unsaturated/α-hetero) is 1. The lowest BCUT2D eigenvalue weighted by Crippen LogP contribution is -2.12. The van der Waals surface area contributed by atoms with E-state index >= 15 is 0 Å². The van der Waals surface area contributed by atoms with Gasteiger partial charge in [-0.1, -0.05) is 11.6 Å². The number of anilines is 1. The van der Waals surface area contributed by atoms with Crippen molar-refractivity contribution in [3.8, 4) is 23.0 Å². The molecule has 1 aliphatic rings. The zero-order valence-electron chi connectivity index (χ0n) is 16.2. The molecule has 1 heterocycles.